The Morgan fingerprint density at radius 2 is 1.79 bits per heavy atom. The van der Waals surface area contributed by atoms with Gasteiger partial charge in [0.05, 0.1) is 6.54 Å². The van der Waals surface area contributed by atoms with Crippen LogP contribution in [0, 0.1) is 0 Å². The topological polar surface area (TPSA) is 68.9 Å². The SMILES string of the molecule is CCNC(=NCc1coc(-c2ccccc2)n1)NCCN1CCN(CC)CC1.I. The molecule has 160 valence electrons. The number of hydrogen-bond acceptors (Lipinski definition) is 5. The van der Waals surface area contributed by atoms with E-state index in [9.17, 15) is 0 Å². The first-order valence-electron chi connectivity index (χ1n) is 10.2. The van der Waals surface area contributed by atoms with Gasteiger partial charge in [0, 0.05) is 51.4 Å². The van der Waals surface area contributed by atoms with Crippen molar-refractivity contribution >= 4 is 29.9 Å². The highest BCUT2D eigenvalue weighted by molar-refractivity contribution is 14.0. The van der Waals surface area contributed by atoms with Crippen molar-refractivity contribution < 1.29 is 4.42 Å². The summed E-state index contributed by atoms with van der Waals surface area (Å²) in [7, 11) is 0. The molecule has 0 saturated carbocycles. The molecule has 29 heavy (non-hydrogen) atoms. The van der Waals surface area contributed by atoms with Gasteiger partial charge in [0.1, 0.15) is 12.0 Å². The molecule has 1 saturated heterocycles. The maximum absolute atomic E-state index is 5.59. The predicted molar refractivity (Wildman–Crippen MR) is 129 cm³/mol. The molecular formula is C21H33IN6O. The molecule has 8 heteroatoms. The summed E-state index contributed by atoms with van der Waals surface area (Å²) in [5.41, 5.74) is 1.80. The van der Waals surface area contributed by atoms with Gasteiger partial charge in [0.15, 0.2) is 5.96 Å². The van der Waals surface area contributed by atoms with Gasteiger partial charge in [-0.05, 0) is 25.6 Å². The van der Waals surface area contributed by atoms with Crippen molar-refractivity contribution in [3.05, 3.63) is 42.3 Å². The number of nitrogens with one attached hydrogen (secondary N) is 2. The lowest BCUT2D eigenvalue weighted by Gasteiger charge is -2.34. The number of piperazine rings is 1. The summed E-state index contributed by atoms with van der Waals surface area (Å²) in [5.74, 6) is 1.45. The molecule has 0 spiro atoms. The number of oxazole rings is 1. The first kappa shape index (κ1) is 23.6. The van der Waals surface area contributed by atoms with Crippen LogP contribution in [0.15, 0.2) is 46.0 Å². The summed E-state index contributed by atoms with van der Waals surface area (Å²) in [5, 5.41) is 6.73. The molecule has 2 N–H and O–H groups in total. The van der Waals surface area contributed by atoms with Crippen LogP contribution in [0.5, 0.6) is 0 Å². The van der Waals surface area contributed by atoms with Crippen LogP contribution in [0.2, 0.25) is 0 Å². The quantitative estimate of drug-likeness (QED) is 0.322. The Hall–Kier alpha value is -1.65. The van der Waals surface area contributed by atoms with Crippen LogP contribution in [0.1, 0.15) is 19.5 Å². The van der Waals surface area contributed by atoms with E-state index in [2.05, 4.69) is 44.3 Å². The Bertz CT molecular complexity index is 728. The fraction of sp³-hybridized carbons (Fsp3) is 0.524. The monoisotopic (exact) mass is 512 g/mol. The molecule has 1 aliphatic rings. The number of hydrogen-bond donors (Lipinski definition) is 2. The predicted octanol–water partition coefficient (Wildman–Crippen LogP) is 2.65. The van der Waals surface area contributed by atoms with Crippen molar-refractivity contribution in [1.29, 1.82) is 0 Å². The Morgan fingerprint density at radius 1 is 1.07 bits per heavy atom. The smallest absolute Gasteiger partial charge is 0.226 e. The molecule has 2 heterocycles. The molecule has 0 aliphatic carbocycles. The van der Waals surface area contributed by atoms with Gasteiger partial charge in [-0.15, -0.1) is 24.0 Å². The minimum Gasteiger partial charge on any atom is -0.444 e. The number of benzene rings is 1. The van der Waals surface area contributed by atoms with Crippen LogP contribution >= 0.6 is 24.0 Å². The van der Waals surface area contributed by atoms with Crippen LogP contribution in [0.3, 0.4) is 0 Å². The lowest BCUT2D eigenvalue weighted by molar-refractivity contribution is 0.139. The van der Waals surface area contributed by atoms with Crippen LogP contribution in [-0.2, 0) is 6.54 Å². The van der Waals surface area contributed by atoms with Gasteiger partial charge in [0.25, 0.3) is 0 Å². The Morgan fingerprint density at radius 3 is 2.48 bits per heavy atom. The average molecular weight is 512 g/mol. The number of aromatic nitrogens is 1. The molecule has 1 fully saturated rings. The van der Waals surface area contributed by atoms with E-state index in [1.54, 1.807) is 6.26 Å². The lowest BCUT2D eigenvalue weighted by atomic mass is 10.2. The van der Waals surface area contributed by atoms with Crippen LogP contribution in [-0.4, -0.2) is 73.1 Å². The van der Waals surface area contributed by atoms with Gasteiger partial charge in [-0.25, -0.2) is 9.98 Å². The summed E-state index contributed by atoms with van der Waals surface area (Å²) in [6.07, 6.45) is 1.68. The van der Waals surface area contributed by atoms with Crippen LogP contribution < -0.4 is 10.6 Å². The second-order valence-corrected chi connectivity index (χ2v) is 6.91. The molecule has 0 radical (unpaired) electrons. The van der Waals surface area contributed by atoms with Crippen molar-refractivity contribution in [2.45, 2.75) is 20.4 Å². The fourth-order valence-electron chi connectivity index (χ4n) is 3.26. The van der Waals surface area contributed by atoms with Gasteiger partial charge in [-0.1, -0.05) is 25.1 Å². The molecule has 1 aromatic heterocycles. The summed E-state index contributed by atoms with van der Waals surface area (Å²) < 4.78 is 5.59. The number of guanidine groups is 1. The highest BCUT2D eigenvalue weighted by Gasteiger charge is 2.14. The van der Waals surface area contributed by atoms with Crippen molar-refractivity contribution in [3.63, 3.8) is 0 Å². The second-order valence-electron chi connectivity index (χ2n) is 6.91. The van der Waals surface area contributed by atoms with Crippen LogP contribution in [0.4, 0.5) is 0 Å². The summed E-state index contributed by atoms with van der Waals surface area (Å²) in [6.45, 7) is 13.3. The normalized spacial score (nSPS) is 15.7. The maximum atomic E-state index is 5.59. The van der Waals surface area contributed by atoms with E-state index in [0.29, 0.717) is 12.4 Å². The number of likely N-dealkylation sites (N-methyl/N-ethyl adjacent to an activating group) is 1. The first-order chi connectivity index (χ1) is 13.8. The third-order valence-electron chi connectivity index (χ3n) is 4.95. The van der Waals surface area contributed by atoms with E-state index in [4.69, 9.17) is 4.42 Å². The minimum atomic E-state index is 0. The molecular weight excluding hydrogens is 479 g/mol. The van der Waals surface area contributed by atoms with Gasteiger partial charge in [0.2, 0.25) is 5.89 Å². The molecule has 0 atom stereocenters. The molecule has 1 aromatic carbocycles. The number of halogens is 1. The fourth-order valence-corrected chi connectivity index (χ4v) is 3.26. The van der Waals surface area contributed by atoms with E-state index in [0.717, 1.165) is 56.5 Å². The Labute approximate surface area is 191 Å². The van der Waals surface area contributed by atoms with E-state index in [-0.39, 0.29) is 24.0 Å². The van der Waals surface area contributed by atoms with E-state index < -0.39 is 0 Å². The molecule has 3 rings (SSSR count). The largest absolute Gasteiger partial charge is 0.444 e. The van der Waals surface area contributed by atoms with Crippen molar-refractivity contribution in [2.75, 3.05) is 52.4 Å². The van der Waals surface area contributed by atoms with E-state index in [1.165, 1.54) is 13.1 Å². The summed E-state index contributed by atoms with van der Waals surface area (Å²) in [4.78, 5) is 14.2. The molecule has 0 unspecified atom stereocenters. The van der Waals surface area contributed by atoms with Crippen LogP contribution in [0.25, 0.3) is 11.5 Å². The first-order valence-corrected chi connectivity index (χ1v) is 10.2. The van der Waals surface area contributed by atoms with E-state index >= 15 is 0 Å². The number of nitrogens with zero attached hydrogens (tertiary/aromatic N) is 4. The summed E-state index contributed by atoms with van der Waals surface area (Å²) >= 11 is 0. The van der Waals surface area contributed by atoms with Gasteiger partial charge < -0.3 is 20.0 Å². The minimum absolute atomic E-state index is 0. The van der Waals surface area contributed by atoms with Crippen molar-refractivity contribution in [2.24, 2.45) is 4.99 Å². The lowest BCUT2D eigenvalue weighted by Crippen LogP contribution is -2.49. The van der Waals surface area contributed by atoms with Gasteiger partial charge in [-0.3, -0.25) is 4.90 Å². The zero-order chi connectivity index (χ0) is 19.6. The average Bonchev–Trinajstić information content (AvgIpc) is 3.22. The third kappa shape index (κ3) is 7.60. The standard InChI is InChI=1S/C21H32N6O.HI/c1-3-22-21(23-10-11-27-14-12-26(4-2)13-15-27)24-16-19-17-28-20(25-19)18-8-6-5-7-9-18;/h5-9,17H,3-4,10-16H2,1-2H3,(H2,22,23,24);1H. The van der Waals surface area contributed by atoms with Crippen molar-refractivity contribution in [1.82, 2.24) is 25.4 Å². The molecule has 0 bridgehead atoms. The Kier molecular flexibility index (Phi) is 10.4. The zero-order valence-electron chi connectivity index (χ0n) is 17.4. The van der Waals surface area contributed by atoms with E-state index in [1.807, 2.05) is 30.3 Å². The van der Waals surface area contributed by atoms with Crippen molar-refractivity contribution in [3.8, 4) is 11.5 Å². The Balaban J connectivity index is 0.00000300. The highest BCUT2D eigenvalue weighted by Crippen LogP contribution is 2.18. The zero-order valence-corrected chi connectivity index (χ0v) is 19.8. The molecule has 0 amide bonds. The summed E-state index contributed by atoms with van der Waals surface area (Å²) in [6, 6.07) is 9.92. The highest BCUT2D eigenvalue weighted by atomic mass is 127. The second kappa shape index (κ2) is 12.8. The van der Waals surface area contributed by atoms with Gasteiger partial charge >= 0.3 is 0 Å². The molecule has 7 nitrogen and oxygen atoms in total. The molecule has 2 aromatic rings. The number of aliphatic imine (C=N–C) groups is 1. The molecule has 1 aliphatic heterocycles. The third-order valence-corrected chi connectivity index (χ3v) is 4.95. The van der Waals surface area contributed by atoms with Gasteiger partial charge in [-0.2, -0.15) is 0 Å². The number of rotatable bonds is 8. The maximum Gasteiger partial charge on any atom is 0.226 e.